The number of fused-ring (bicyclic) bond motifs is 1. The van der Waals surface area contributed by atoms with Crippen LogP contribution in [0.5, 0.6) is 0 Å². The van der Waals surface area contributed by atoms with Gasteiger partial charge in [-0.1, -0.05) is 17.3 Å². The van der Waals surface area contributed by atoms with Gasteiger partial charge in [-0.25, -0.2) is 9.78 Å². The lowest BCUT2D eigenvalue weighted by atomic mass is 10.0. The van der Waals surface area contributed by atoms with Gasteiger partial charge < -0.3 is 25.7 Å². The van der Waals surface area contributed by atoms with Crippen LogP contribution in [0.3, 0.4) is 0 Å². The molecule has 32 heavy (non-hydrogen) atoms. The average molecular weight is 482 g/mol. The van der Waals surface area contributed by atoms with Crippen LogP contribution in [-0.2, 0) is 28.7 Å². The van der Waals surface area contributed by atoms with Crippen LogP contribution in [0.2, 0.25) is 0 Å². The molecule has 0 aromatic carbocycles. The first-order valence-electron chi connectivity index (χ1n) is 9.13. The Hall–Kier alpha value is -3.39. The van der Waals surface area contributed by atoms with Crippen molar-refractivity contribution in [3.8, 4) is 0 Å². The Bertz CT molecular complexity index is 1050. The number of aromatic nitrogens is 1. The number of hydrogen-bond acceptors (Lipinski definition) is 12. The molecule has 0 bridgehead atoms. The molecule has 3 rings (SSSR count). The number of ether oxygens (including phenoxy) is 2. The first kappa shape index (κ1) is 23.3. The maximum absolute atomic E-state index is 12.8. The molecule has 0 saturated carbocycles. The highest BCUT2D eigenvalue weighted by molar-refractivity contribution is 8.00. The van der Waals surface area contributed by atoms with Gasteiger partial charge in [-0.2, -0.15) is 0 Å². The Kier molecular flexibility index (Phi) is 7.15. The number of rotatable bonds is 7. The van der Waals surface area contributed by atoms with Crippen molar-refractivity contribution in [1.29, 1.82) is 0 Å². The van der Waals surface area contributed by atoms with Crippen molar-refractivity contribution in [2.24, 2.45) is 5.16 Å². The first-order valence-corrected chi connectivity index (χ1v) is 11.1. The van der Waals surface area contributed by atoms with Crippen molar-refractivity contribution >= 4 is 57.7 Å². The predicted octanol–water partition coefficient (Wildman–Crippen LogP) is 0.198. The molecule has 4 N–H and O–H groups in total. The number of thiazole rings is 1. The summed E-state index contributed by atoms with van der Waals surface area (Å²) in [5, 5.41) is 15.7. The zero-order valence-corrected chi connectivity index (χ0v) is 18.6. The largest absolute Gasteiger partial charge is 0.428 e. The van der Waals surface area contributed by atoms with E-state index in [1.165, 1.54) is 29.0 Å². The number of oxime groups is 1. The van der Waals surface area contributed by atoms with E-state index in [9.17, 15) is 24.4 Å². The minimum absolute atomic E-state index is 0.0119. The van der Waals surface area contributed by atoms with Crippen LogP contribution in [0.1, 0.15) is 19.5 Å². The Morgan fingerprint density at radius 3 is 2.78 bits per heavy atom. The number of hydrogen-bond donors (Lipinski definition) is 3. The molecule has 14 heteroatoms. The van der Waals surface area contributed by atoms with E-state index in [2.05, 4.69) is 20.2 Å². The molecule has 0 unspecified atom stereocenters. The highest BCUT2D eigenvalue weighted by atomic mass is 32.2. The SMILES string of the molecule is C/C=C\C1=C(C(=O)OCOC(C)=O)N2C(=O)[C@@H](NC(=O)/C(=N\O)c3csc(N)n3)[C@@H]2SC1. The van der Waals surface area contributed by atoms with Crippen LogP contribution in [0.4, 0.5) is 5.13 Å². The van der Waals surface area contributed by atoms with Crippen molar-refractivity contribution in [3.05, 3.63) is 34.5 Å². The van der Waals surface area contributed by atoms with Gasteiger partial charge >= 0.3 is 11.9 Å². The number of thioether (sulfide) groups is 1. The number of nitrogens with zero attached hydrogens (tertiary/aromatic N) is 3. The van der Waals surface area contributed by atoms with Crippen molar-refractivity contribution in [2.75, 3.05) is 18.3 Å². The van der Waals surface area contributed by atoms with E-state index >= 15 is 0 Å². The summed E-state index contributed by atoms with van der Waals surface area (Å²) < 4.78 is 9.59. The number of esters is 2. The summed E-state index contributed by atoms with van der Waals surface area (Å²) in [4.78, 5) is 54.0. The third-order valence-electron chi connectivity index (χ3n) is 4.38. The topological polar surface area (TPSA) is 174 Å². The van der Waals surface area contributed by atoms with Gasteiger partial charge in [0.2, 0.25) is 6.79 Å². The zero-order chi connectivity index (χ0) is 23.4. The molecule has 1 fully saturated rings. The third-order valence-corrected chi connectivity index (χ3v) is 6.35. The maximum atomic E-state index is 12.8. The second kappa shape index (κ2) is 9.82. The number of anilines is 1. The molecule has 0 aliphatic carbocycles. The fraction of sp³-hybridized carbons (Fsp3) is 0.333. The van der Waals surface area contributed by atoms with E-state index in [1.807, 2.05) is 0 Å². The van der Waals surface area contributed by atoms with Crippen molar-refractivity contribution in [1.82, 2.24) is 15.2 Å². The molecule has 12 nitrogen and oxygen atoms in total. The molecule has 1 saturated heterocycles. The van der Waals surface area contributed by atoms with Gasteiger partial charge in [0.1, 0.15) is 22.8 Å². The lowest BCUT2D eigenvalue weighted by molar-refractivity contribution is -0.166. The molecule has 1 aromatic rings. The van der Waals surface area contributed by atoms with Crippen molar-refractivity contribution in [3.63, 3.8) is 0 Å². The number of nitrogen functional groups attached to an aromatic ring is 1. The Morgan fingerprint density at radius 1 is 1.44 bits per heavy atom. The predicted molar refractivity (Wildman–Crippen MR) is 114 cm³/mol. The molecule has 2 amide bonds. The van der Waals surface area contributed by atoms with Crippen LogP contribution in [0.15, 0.2) is 34.0 Å². The molecule has 170 valence electrons. The fourth-order valence-corrected chi connectivity index (χ4v) is 4.88. The van der Waals surface area contributed by atoms with Crippen LogP contribution in [-0.4, -0.2) is 68.5 Å². The summed E-state index contributed by atoms with van der Waals surface area (Å²) in [7, 11) is 0. The summed E-state index contributed by atoms with van der Waals surface area (Å²) in [5.41, 5.74) is 5.78. The van der Waals surface area contributed by atoms with Crippen molar-refractivity contribution in [2.45, 2.75) is 25.3 Å². The molecule has 2 aliphatic rings. The number of amides is 2. The number of nitrogens with two attached hydrogens (primary N) is 1. The number of carbonyl (C=O) groups is 4. The minimum atomic E-state index is -0.969. The van der Waals surface area contributed by atoms with Gasteiger partial charge in [0.05, 0.1) is 0 Å². The normalized spacial score (nSPS) is 20.6. The second-order valence-corrected chi connectivity index (χ2v) is 8.43. The molecular formula is C18H19N5O7S2. The van der Waals surface area contributed by atoms with Gasteiger partial charge in [-0.05, 0) is 12.5 Å². The van der Waals surface area contributed by atoms with Crippen LogP contribution in [0, 0.1) is 0 Å². The number of allylic oxidation sites excluding steroid dienone is 2. The van der Waals surface area contributed by atoms with Gasteiger partial charge in [0.25, 0.3) is 11.8 Å². The lowest BCUT2D eigenvalue weighted by Gasteiger charge is -2.49. The van der Waals surface area contributed by atoms with Gasteiger partial charge in [0, 0.05) is 18.1 Å². The summed E-state index contributed by atoms with van der Waals surface area (Å²) in [6.07, 6.45) is 3.39. The molecule has 2 atom stereocenters. The summed E-state index contributed by atoms with van der Waals surface area (Å²) in [6, 6.07) is -0.969. The summed E-state index contributed by atoms with van der Waals surface area (Å²) >= 11 is 2.40. The van der Waals surface area contributed by atoms with Crippen LogP contribution in [0.25, 0.3) is 0 Å². The molecular weight excluding hydrogens is 462 g/mol. The van der Waals surface area contributed by atoms with Crippen molar-refractivity contribution < 1.29 is 33.9 Å². The van der Waals surface area contributed by atoms with E-state index in [0.717, 1.165) is 11.3 Å². The standard InChI is InChI=1S/C18H19N5O7S2/c1-3-4-9-5-31-16-12(21-14(25)11(22-28)10-6-32-18(19)20-10)15(26)23(16)13(9)17(27)30-7-29-8(2)24/h3-4,6,12,16,28H,5,7H2,1-2H3,(H2,19,20)(H,21,25)/b4-3-,22-11-/t12-,16+/m1/s1. The van der Waals surface area contributed by atoms with E-state index in [-0.39, 0.29) is 16.5 Å². The second-order valence-electron chi connectivity index (χ2n) is 6.44. The highest BCUT2D eigenvalue weighted by Crippen LogP contribution is 2.41. The third kappa shape index (κ3) is 4.60. The van der Waals surface area contributed by atoms with Gasteiger partial charge in [-0.3, -0.25) is 19.3 Å². The monoisotopic (exact) mass is 481 g/mol. The lowest BCUT2D eigenvalue weighted by Crippen LogP contribution is -2.71. The van der Waals surface area contributed by atoms with Gasteiger partial charge in [-0.15, -0.1) is 23.1 Å². The molecule has 0 radical (unpaired) electrons. The quantitative estimate of drug-likeness (QED) is 0.122. The first-order chi connectivity index (χ1) is 15.3. The molecule has 3 heterocycles. The number of nitrogens with one attached hydrogen (secondary N) is 1. The van der Waals surface area contributed by atoms with Crippen LogP contribution < -0.4 is 11.1 Å². The number of carbonyl (C=O) groups excluding carboxylic acids is 4. The van der Waals surface area contributed by atoms with E-state index in [0.29, 0.717) is 11.3 Å². The molecule has 1 aromatic heterocycles. The minimum Gasteiger partial charge on any atom is -0.428 e. The fourth-order valence-electron chi connectivity index (χ4n) is 3.01. The Morgan fingerprint density at radius 2 is 2.19 bits per heavy atom. The smallest absolute Gasteiger partial charge is 0.358 e. The van der Waals surface area contributed by atoms with Crippen LogP contribution >= 0.6 is 23.1 Å². The number of β-lactam (4-membered cyclic amide) rings is 1. The Balaban J connectivity index is 1.76. The van der Waals surface area contributed by atoms with E-state index in [1.54, 1.807) is 19.1 Å². The summed E-state index contributed by atoms with van der Waals surface area (Å²) in [6.45, 7) is 2.34. The van der Waals surface area contributed by atoms with E-state index in [4.69, 9.17) is 10.5 Å². The van der Waals surface area contributed by atoms with Gasteiger partial charge in [0.15, 0.2) is 10.8 Å². The van der Waals surface area contributed by atoms with E-state index < -0.39 is 47.7 Å². The summed E-state index contributed by atoms with van der Waals surface area (Å²) in [5.74, 6) is -2.46. The zero-order valence-electron chi connectivity index (χ0n) is 16.9. The Labute approximate surface area is 190 Å². The average Bonchev–Trinajstić information content (AvgIpc) is 3.17. The maximum Gasteiger partial charge on any atom is 0.358 e. The molecule has 0 spiro atoms. The molecule has 2 aliphatic heterocycles. The highest BCUT2D eigenvalue weighted by Gasteiger charge is 2.54.